The third-order valence-electron chi connectivity index (χ3n) is 4.03. The minimum absolute atomic E-state index is 0.0444. The summed E-state index contributed by atoms with van der Waals surface area (Å²) in [7, 11) is 0. The highest BCUT2D eigenvalue weighted by atomic mass is 16.2. The van der Waals surface area contributed by atoms with Crippen molar-refractivity contribution in [3.63, 3.8) is 0 Å². The van der Waals surface area contributed by atoms with Crippen LogP contribution in [0.15, 0.2) is 53.5 Å². The number of amides is 1. The lowest BCUT2D eigenvalue weighted by Crippen LogP contribution is -2.32. The Labute approximate surface area is 146 Å². The first-order valence-corrected chi connectivity index (χ1v) is 8.46. The Kier molecular flexibility index (Phi) is 4.97. The average molecular weight is 338 g/mol. The van der Waals surface area contributed by atoms with Crippen molar-refractivity contribution in [3.8, 4) is 5.69 Å². The van der Waals surface area contributed by atoms with Gasteiger partial charge >= 0.3 is 0 Å². The van der Waals surface area contributed by atoms with E-state index in [1.165, 1.54) is 4.68 Å². The number of hydrogen-bond donors (Lipinski definition) is 1. The molecule has 1 N–H and O–H groups in total. The molecule has 0 unspecified atom stereocenters. The second kappa shape index (κ2) is 7.34. The lowest BCUT2D eigenvalue weighted by atomic mass is 10.1. The Morgan fingerprint density at radius 3 is 2.64 bits per heavy atom. The van der Waals surface area contributed by atoms with Gasteiger partial charge in [0.2, 0.25) is 5.91 Å². The van der Waals surface area contributed by atoms with Crippen LogP contribution in [0.2, 0.25) is 0 Å². The second-order valence-corrected chi connectivity index (χ2v) is 6.42. The Bertz CT molecular complexity index is 925. The van der Waals surface area contributed by atoms with E-state index >= 15 is 0 Å². The minimum atomic E-state index is -0.177. The predicted molar refractivity (Wildman–Crippen MR) is 97.8 cm³/mol. The van der Waals surface area contributed by atoms with Gasteiger partial charge in [0.15, 0.2) is 5.65 Å². The number of aromatic nitrogens is 3. The van der Waals surface area contributed by atoms with Crippen LogP contribution in [0.1, 0.15) is 20.3 Å². The maximum absolute atomic E-state index is 12.8. The summed E-state index contributed by atoms with van der Waals surface area (Å²) in [4.78, 5) is 29.5. The number of carbonyl (C=O) groups excluding carboxylic acids is 1. The van der Waals surface area contributed by atoms with Gasteiger partial charge in [0, 0.05) is 12.7 Å². The van der Waals surface area contributed by atoms with E-state index in [2.05, 4.69) is 24.1 Å². The van der Waals surface area contributed by atoms with Gasteiger partial charge in [0.1, 0.15) is 6.54 Å². The van der Waals surface area contributed by atoms with Crippen molar-refractivity contribution in [1.29, 1.82) is 0 Å². The highest BCUT2D eigenvalue weighted by Gasteiger charge is 2.17. The molecule has 3 rings (SSSR count). The molecule has 0 spiro atoms. The fourth-order valence-electron chi connectivity index (χ4n) is 2.75. The van der Waals surface area contributed by atoms with Crippen molar-refractivity contribution >= 4 is 16.9 Å². The average Bonchev–Trinajstić information content (AvgIpc) is 2.88. The van der Waals surface area contributed by atoms with E-state index in [0.717, 1.165) is 6.42 Å². The van der Waals surface area contributed by atoms with Crippen LogP contribution in [0, 0.1) is 5.92 Å². The zero-order chi connectivity index (χ0) is 17.8. The largest absolute Gasteiger partial charge is 0.354 e. The van der Waals surface area contributed by atoms with Crippen LogP contribution < -0.4 is 10.9 Å². The van der Waals surface area contributed by atoms with Crippen LogP contribution in [0.4, 0.5) is 0 Å². The van der Waals surface area contributed by atoms with Crippen LogP contribution in [0.3, 0.4) is 0 Å². The molecule has 3 aromatic rings. The van der Waals surface area contributed by atoms with E-state index in [0.29, 0.717) is 29.2 Å². The predicted octanol–water partition coefficient (Wildman–Crippen LogP) is 2.35. The van der Waals surface area contributed by atoms with Crippen LogP contribution >= 0.6 is 0 Å². The molecular formula is C19H22N4O2. The Hall–Kier alpha value is -2.89. The first kappa shape index (κ1) is 17.0. The zero-order valence-electron chi connectivity index (χ0n) is 14.5. The van der Waals surface area contributed by atoms with E-state index in [1.807, 2.05) is 30.3 Å². The molecule has 0 saturated heterocycles. The van der Waals surface area contributed by atoms with Gasteiger partial charge in [0.25, 0.3) is 5.56 Å². The van der Waals surface area contributed by atoms with E-state index < -0.39 is 0 Å². The number of nitrogens with zero attached hydrogens (tertiary/aromatic N) is 3. The van der Waals surface area contributed by atoms with Crippen molar-refractivity contribution < 1.29 is 4.79 Å². The van der Waals surface area contributed by atoms with Gasteiger partial charge < -0.3 is 5.32 Å². The summed E-state index contributed by atoms with van der Waals surface area (Å²) in [6, 6.07) is 12.8. The van der Waals surface area contributed by atoms with Crippen LogP contribution in [-0.2, 0) is 11.3 Å². The third kappa shape index (κ3) is 3.63. The highest BCUT2D eigenvalue weighted by Crippen LogP contribution is 2.13. The van der Waals surface area contributed by atoms with Gasteiger partial charge in [-0.1, -0.05) is 32.0 Å². The number of fused-ring (bicyclic) bond motifs is 1. The van der Waals surface area contributed by atoms with Crippen LogP contribution in [0.25, 0.3) is 16.7 Å². The molecule has 0 bridgehead atoms. The normalized spacial score (nSPS) is 11.2. The maximum atomic E-state index is 12.8. The molecule has 0 aliphatic carbocycles. The van der Waals surface area contributed by atoms with Crippen molar-refractivity contribution in [2.75, 3.05) is 6.54 Å². The molecule has 0 fully saturated rings. The molecule has 6 nitrogen and oxygen atoms in total. The molecule has 1 aromatic carbocycles. The van der Waals surface area contributed by atoms with Gasteiger partial charge in [-0.05, 0) is 36.6 Å². The number of nitrogens with one attached hydrogen (secondary N) is 1. The molecular weight excluding hydrogens is 316 g/mol. The molecule has 2 aromatic heterocycles. The molecule has 0 atom stereocenters. The van der Waals surface area contributed by atoms with E-state index in [1.54, 1.807) is 23.0 Å². The standard InChI is InChI=1S/C19H22N4O2/c1-14(2)10-12-20-17(24)13-22-18-16(9-6-11-21-18)19(25)23(22)15-7-4-3-5-8-15/h3-9,11,14H,10,12-13H2,1-2H3,(H,20,24). The summed E-state index contributed by atoms with van der Waals surface area (Å²) in [6.07, 6.45) is 2.55. The first-order valence-electron chi connectivity index (χ1n) is 8.46. The molecule has 25 heavy (non-hydrogen) atoms. The molecule has 0 saturated carbocycles. The fraction of sp³-hybridized carbons (Fsp3) is 0.316. The maximum Gasteiger partial charge on any atom is 0.280 e. The van der Waals surface area contributed by atoms with Crippen molar-refractivity contribution in [1.82, 2.24) is 19.7 Å². The molecule has 6 heteroatoms. The van der Waals surface area contributed by atoms with Crippen molar-refractivity contribution in [3.05, 3.63) is 59.0 Å². The highest BCUT2D eigenvalue weighted by molar-refractivity contribution is 5.80. The Morgan fingerprint density at radius 1 is 1.16 bits per heavy atom. The lowest BCUT2D eigenvalue weighted by Gasteiger charge is -2.13. The van der Waals surface area contributed by atoms with Gasteiger partial charge in [-0.15, -0.1) is 0 Å². The third-order valence-corrected chi connectivity index (χ3v) is 4.03. The number of rotatable bonds is 6. The number of hydrogen-bond acceptors (Lipinski definition) is 3. The van der Waals surface area contributed by atoms with Crippen LogP contribution in [-0.4, -0.2) is 26.8 Å². The Morgan fingerprint density at radius 2 is 1.92 bits per heavy atom. The van der Waals surface area contributed by atoms with Crippen molar-refractivity contribution in [2.45, 2.75) is 26.8 Å². The van der Waals surface area contributed by atoms with E-state index in [9.17, 15) is 9.59 Å². The lowest BCUT2D eigenvalue weighted by molar-refractivity contribution is -0.121. The van der Waals surface area contributed by atoms with E-state index in [4.69, 9.17) is 0 Å². The fourth-order valence-corrected chi connectivity index (χ4v) is 2.75. The van der Waals surface area contributed by atoms with Gasteiger partial charge in [-0.25, -0.2) is 9.67 Å². The summed E-state index contributed by atoms with van der Waals surface area (Å²) < 4.78 is 3.15. The molecule has 2 heterocycles. The molecule has 130 valence electrons. The van der Waals surface area contributed by atoms with E-state index in [-0.39, 0.29) is 18.0 Å². The van der Waals surface area contributed by atoms with Gasteiger partial charge in [-0.3, -0.25) is 14.3 Å². The summed E-state index contributed by atoms with van der Waals surface area (Å²) >= 11 is 0. The molecule has 1 amide bonds. The number of benzene rings is 1. The van der Waals surface area contributed by atoms with Crippen molar-refractivity contribution in [2.24, 2.45) is 5.92 Å². The summed E-state index contributed by atoms with van der Waals surface area (Å²) in [5.74, 6) is 0.393. The smallest absolute Gasteiger partial charge is 0.280 e. The molecule has 0 radical (unpaired) electrons. The number of carbonyl (C=O) groups is 1. The topological polar surface area (TPSA) is 68.9 Å². The minimum Gasteiger partial charge on any atom is -0.354 e. The SMILES string of the molecule is CC(C)CCNC(=O)Cn1c2ncccc2c(=O)n1-c1ccccc1. The van der Waals surface area contributed by atoms with Gasteiger partial charge in [-0.2, -0.15) is 0 Å². The summed E-state index contributed by atoms with van der Waals surface area (Å²) in [5, 5.41) is 3.41. The monoisotopic (exact) mass is 338 g/mol. The van der Waals surface area contributed by atoms with Gasteiger partial charge in [0.05, 0.1) is 11.1 Å². The number of para-hydroxylation sites is 1. The zero-order valence-corrected chi connectivity index (χ0v) is 14.5. The number of pyridine rings is 1. The molecule has 0 aliphatic heterocycles. The first-order chi connectivity index (χ1) is 12.1. The summed E-state index contributed by atoms with van der Waals surface area (Å²) in [5.41, 5.74) is 1.04. The van der Waals surface area contributed by atoms with Crippen LogP contribution in [0.5, 0.6) is 0 Å². The second-order valence-electron chi connectivity index (χ2n) is 6.42. The summed E-state index contributed by atoms with van der Waals surface area (Å²) in [6.45, 7) is 4.90. The Balaban J connectivity index is 1.99. The molecule has 0 aliphatic rings. The quantitative estimate of drug-likeness (QED) is 0.750.